The van der Waals surface area contributed by atoms with E-state index in [1.807, 2.05) is 24.3 Å². The van der Waals surface area contributed by atoms with Gasteiger partial charge in [-0.3, -0.25) is 4.79 Å². The van der Waals surface area contributed by atoms with Crippen molar-refractivity contribution in [3.8, 4) is 0 Å². The zero-order chi connectivity index (χ0) is 12.4. The molecule has 1 aliphatic rings. The molecule has 0 saturated carbocycles. The van der Waals surface area contributed by atoms with Crippen molar-refractivity contribution in [2.45, 2.75) is 0 Å². The Kier molecular flexibility index (Phi) is 2.85. The van der Waals surface area contributed by atoms with Gasteiger partial charge in [-0.1, -0.05) is 23.9 Å². The number of amidine groups is 1. The van der Waals surface area contributed by atoms with Crippen LogP contribution < -0.4 is 5.32 Å². The lowest BCUT2D eigenvalue weighted by atomic mass is 10.1. The Balaban J connectivity index is 1.84. The highest BCUT2D eigenvalue weighted by molar-refractivity contribution is 8.15. The van der Waals surface area contributed by atoms with E-state index in [2.05, 4.69) is 15.5 Å². The second-order valence-electron chi connectivity index (χ2n) is 3.67. The van der Waals surface area contributed by atoms with Crippen LogP contribution in [0.4, 0.5) is 0 Å². The van der Waals surface area contributed by atoms with Gasteiger partial charge in [-0.15, -0.1) is 5.10 Å². The van der Waals surface area contributed by atoms with E-state index in [0.29, 0.717) is 10.9 Å². The minimum Gasteiger partial charge on any atom is -0.464 e. The van der Waals surface area contributed by atoms with E-state index in [0.717, 1.165) is 16.5 Å². The molecule has 0 bridgehead atoms. The fourth-order valence-corrected chi connectivity index (χ4v) is 2.28. The van der Waals surface area contributed by atoms with Gasteiger partial charge in [0.15, 0.2) is 5.17 Å². The quantitative estimate of drug-likeness (QED) is 0.662. The third-order valence-corrected chi connectivity index (χ3v) is 3.32. The van der Waals surface area contributed by atoms with E-state index < -0.39 is 0 Å². The first-order chi connectivity index (χ1) is 8.83. The molecule has 2 heterocycles. The first-order valence-electron chi connectivity index (χ1n) is 5.33. The molecule has 0 unspecified atom stereocenters. The number of carbonyl (C=O) groups is 1. The van der Waals surface area contributed by atoms with Gasteiger partial charge in [-0.05, 0) is 12.1 Å². The minimum absolute atomic E-state index is 0.0362. The molecule has 1 fully saturated rings. The van der Waals surface area contributed by atoms with E-state index in [1.165, 1.54) is 11.8 Å². The number of carbonyl (C=O) groups excluding carboxylic acids is 1. The standard InChI is InChI=1S/C12H9N3O2S/c16-11-7-18-12(14-11)15-13-6-8-2-1-3-10-9(8)4-5-17-10/h1-6H,7H2,(H,14,15,16). The Morgan fingerprint density at radius 2 is 2.33 bits per heavy atom. The Morgan fingerprint density at radius 1 is 1.39 bits per heavy atom. The molecular formula is C12H9N3O2S. The molecule has 1 amide bonds. The Bertz CT molecular complexity index is 660. The number of benzene rings is 1. The van der Waals surface area contributed by atoms with Crippen molar-refractivity contribution < 1.29 is 9.21 Å². The summed E-state index contributed by atoms with van der Waals surface area (Å²) in [4.78, 5) is 10.9. The first-order valence-corrected chi connectivity index (χ1v) is 6.31. The average molecular weight is 259 g/mol. The van der Waals surface area contributed by atoms with Crippen molar-refractivity contribution in [2.24, 2.45) is 10.2 Å². The molecule has 1 aromatic carbocycles. The number of nitrogens with zero attached hydrogens (tertiary/aromatic N) is 2. The predicted octanol–water partition coefficient (Wildman–Crippen LogP) is 1.99. The van der Waals surface area contributed by atoms with Crippen molar-refractivity contribution in [2.75, 3.05) is 5.75 Å². The normalized spacial score (nSPS) is 18.0. The van der Waals surface area contributed by atoms with Crippen LogP contribution in [-0.2, 0) is 4.79 Å². The molecule has 0 radical (unpaired) electrons. The van der Waals surface area contributed by atoms with Crippen LogP contribution in [-0.4, -0.2) is 23.0 Å². The maximum atomic E-state index is 10.9. The number of furan rings is 1. The highest BCUT2D eigenvalue weighted by Crippen LogP contribution is 2.18. The molecule has 2 aromatic rings. The lowest BCUT2D eigenvalue weighted by Gasteiger charge is -1.93. The third-order valence-electron chi connectivity index (χ3n) is 2.46. The van der Waals surface area contributed by atoms with E-state index in [4.69, 9.17) is 4.42 Å². The summed E-state index contributed by atoms with van der Waals surface area (Å²) in [6, 6.07) is 7.61. The zero-order valence-corrected chi connectivity index (χ0v) is 10.1. The molecule has 1 aromatic heterocycles. The van der Waals surface area contributed by atoms with Crippen molar-refractivity contribution in [3.63, 3.8) is 0 Å². The molecule has 0 atom stereocenters. The van der Waals surface area contributed by atoms with Crippen LogP contribution in [0.25, 0.3) is 11.0 Å². The largest absolute Gasteiger partial charge is 0.464 e. The maximum Gasteiger partial charge on any atom is 0.236 e. The van der Waals surface area contributed by atoms with Crippen LogP contribution in [0, 0.1) is 0 Å². The summed E-state index contributed by atoms with van der Waals surface area (Å²) in [7, 11) is 0. The van der Waals surface area contributed by atoms with Crippen molar-refractivity contribution in [1.29, 1.82) is 0 Å². The summed E-state index contributed by atoms with van der Waals surface area (Å²) in [5, 5.41) is 12.1. The van der Waals surface area contributed by atoms with Crippen LogP contribution in [0.1, 0.15) is 5.56 Å². The summed E-state index contributed by atoms with van der Waals surface area (Å²) in [6.45, 7) is 0. The minimum atomic E-state index is -0.0362. The molecule has 3 rings (SSSR count). The Hall–Kier alpha value is -2.08. The molecule has 1 saturated heterocycles. The van der Waals surface area contributed by atoms with Gasteiger partial charge in [0, 0.05) is 10.9 Å². The number of amides is 1. The second-order valence-corrected chi connectivity index (χ2v) is 4.63. The SMILES string of the molecule is O=C1CSC(=NN=Cc2cccc3occc23)N1. The van der Waals surface area contributed by atoms with Gasteiger partial charge >= 0.3 is 0 Å². The summed E-state index contributed by atoms with van der Waals surface area (Å²) in [5.74, 6) is 0.372. The molecule has 0 spiro atoms. The van der Waals surface area contributed by atoms with Crippen LogP contribution >= 0.6 is 11.8 Å². The van der Waals surface area contributed by atoms with Gasteiger partial charge in [-0.2, -0.15) is 5.10 Å². The number of nitrogens with one attached hydrogen (secondary N) is 1. The summed E-state index contributed by atoms with van der Waals surface area (Å²) in [6.07, 6.45) is 3.29. The smallest absolute Gasteiger partial charge is 0.236 e. The predicted molar refractivity (Wildman–Crippen MR) is 71.8 cm³/mol. The lowest BCUT2D eigenvalue weighted by molar-refractivity contribution is -0.116. The second kappa shape index (κ2) is 4.66. The summed E-state index contributed by atoms with van der Waals surface area (Å²) in [5.41, 5.74) is 1.75. The van der Waals surface area contributed by atoms with E-state index in [-0.39, 0.29) is 5.91 Å². The Morgan fingerprint density at radius 3 is 3.17 bits per heavy atom. The molecule has 1 N–H and O–H groups in total. The molecule has 6 heteroatoms. The fourth-order valence-electron chi connectivity index (χ4n) is 1.65. The van der Waals surface area contributed by atoms with E-state index >= 15 is 0 Å². The maximum absolute atomic E-state index is 10.9. The molecule has 1 aliphatic heterocycles. The number of rotatable bonds is 2. The van der Waals surface area contributed by atoms with Crippen LogP contribution in [0.15, 0.2) is 45.1 Å². The van der Waals surface area contributed by atoms with Crippen molar-refractivity contribution >= 4 is 40.0 Å². The zero-order valence-electron chi connectivity index (χ0n) is 9.29. The van der Waals surface area contributed by atoms with Gasteiger partial charge in [0.25, 0.3) is 0 Å². The molecule has 90 valence electrons. The van der Waals surface area contributed by atoms with Gasteiger partial charge < -0.3 is 9.73 Å². The fraction of sp³-hybridized carbons (Fsp3) is 0.0833. The van der Waals surface area contributed by atoms with Gasteiger partial charge in [-0.25, -0.2) is 0 Å². The average Bonchev–Trinajstić information content (AvgIpc) is 2.98. The number of hydrogen-bond acceptors (Lipinski definition) is 5. The molecule has 18 heavy (non-hydrogen) atoms. The monoisotopic (exact) mass is 259 g/mol. The molecule has 5 nitrogen and oxygen atoms in total. The molecule has 0 aliphatic carbocycles. The van der Waals surface area contributed by atoms with Gasteiger partial charge in [0.2, 0.25) is 5.91 Å². The number of thioether (sulfide) groups is 1. The van der Waals surface area contributed by atoms with Gasteiger partial charge in [0.05, 0.1) is 18.2 Å². The molecular weight excluding hydrogens is 250 g/mol. The highest BCUT2D eigenvalue weighted by atomic mass is 32.2. The topological polar surface area (TPSA) is 67.0 Å². The van der Waals surface area contributed by atoms with Gasteiger partial charge in [0.1, 0.15) is 5.58 Å². The summed E-state index contributed by atoms with van der Waals surface area (Å²) >= 11 is 1.35. The number of fused-ring (bicyclic) bond motifs is 1. The third kappa shape index (κ3) is 2.14. The summed E-state index contributed by atoms with van der Waals surface area (Å²) < 4.78 is 5.29. The van der Waals surface area contributed by atoms with Crippen molar-refractivity contribution in [1.82, 2.24) is 5.32 Å². The highest BCUT2D eigenvalue weighted by Gasteiger charge is 2.15. The van der Waals surface area contributed by atoms with Crippen LogP contribution in [0.3, 0.4) is 0 Å². The van der Waals surface area contributed by atoms with E-state index in [1.54, 1.807) is 12.5 Å². The van der Waals surface area contributed by atoms with E-state index in [9.17, 15) is 4.79 Å². The number of hydrogen-bond donors (Lipinski definition) is 1. The van der Waals surface area contributed by atoms with Crippen molar-refractivity contribution in [3.05, 3.63) is 36.1 Å². The lowest BCUT2D eigenvalue weighted by Crippen LogP contribution is -2.19. The first kappa shape index (κ1) is 11.0. The Labute approximate surface area is 107 Å². The van der Waals surface area contributed by atoms with Crippen LogP contribution in [0.2, 0.25) is 0 Å². The van der Waals surface area contributed by atoms with Crippen LogP contribution in [0.5, 0.6) is 0 Å².